The zero-order valence-electron chi connectivity index (χ0n) is 4.90. The highest BCUT2D eigenvalue weighted by molar-refractivity contribution is 7.85. The molecule has 0 amide bonds. The molecule has 1 atom stereocenters. The minimum Gasteiger partial charge on any atom is -0.286 e. The lowest BCUT2D eigenvalue weighted by Gasteiger charge is -1.95. The van der Waals surface area contributed by atoms with Gasteiger partial charge in [0.1, 0.15) is 0 Å². The van der Waals surface area contributed by atoms with Crippen LogP contribution < -0.4 is 0 Å². The Morgan fingerprint density at radius 1 is 1.78 bits per heavy atom. The van der Waals surface area contributed by atoms with Gasteiger partial charge in [0, 0.05) is 0 Å². The highest BCUT2D eigenvalue weighted by Gasteiger charge is 2.10. The minimum absolute atomic E-state index is 0.483. The van der Waals surface area contributed by atoms with Crippen molar-refractivity contribution in [2.24, 2.45) is 5.92 Å². The Morgan fingerprint density at radius 3 is 2.33 bits per heavy atom. The van der Waals surface area contributed by atoms with Gasteiger partial charge < -0.3 is 0 Å². The first-order valence-corrected chi connectivity index (χ1v) is 3.91. The monoisotopic (exact) mass is 149 g/mol. The average molecular weight is 149 g/mol. The maximum atomic E-state index is 10.0. The van der Waals surface area contributed by atoms with Crippen LogP contribution in [-0.4, -0.2) is 18.7 Å². The standard InChI is InChI=1S/C4H7NO3S/c1-4(2-5)3-9(6,7)8/h4H,3H2,1H3,(H,6,7,8). The summed E-state index contributed by atoms with van der Waals surface area (Å²) < 4.78 is 28.2. The van der Waals surface area contributed by atoms with Gasteiger partial charge in [-0.05, 0) is 6.92 Å². The van der Waals surface area contributed by atoms with E-state index in [0.717, 1.165) is 0 Å². The molecule has 0 radical (unpaired) electrons. The van der Waals surface area contributed by atoms with Crippen molar-refractivity contribution in [3.8, 4) is 6.07 Å². The van der Waals surface area contributed by atoms with Crippen molar-refractivity contribution in [2.75, 3.05) is 5.75 Å². The van der Waals surface area contributed by atoms with E-state index in [0.29, 0.717) is 0 Å². The first-order chi connectivity index (χ1) is 3.95. The molecule has 0 aromatic heterocycles. The molecule has 0 saturated heterocycles. The molecular weight excluding hydrogens is 142 g/mol. The molecule has 0 aliphatic rings. The summed E-state index contributed by atoms with van der Waals surface area (Å²) in [6, 6.07) is 1.68. The smallest absolute Gasteiger partial charge is 0.266 e. The van der Waals surface area contributed by atoms with Crippen LogP contribution in [0.2, 0.25) is 0 Å². The second-order valence-corrected chi connectivity index (χ2v) is 3.28. The van der Waals surface area contributed by atoms with Crippen molar-refractivity contribution in [1.82, 2.24) is 0 Å². The van der Waals surface area contributed by atoms with E-state index in [-0.39, 0.29) is 0 Å². The quantitative estimate of drug-likeness (QED) is 0.562. The lowest BCUT2D eigenvalue weighted by Crippen LogP contribution is -2.10. The van der Waals surface area contributed by atoms with Gasteiger partial charge >= 0.3 is 0 Å². The topological polar surface area (TPSA) is 78.2 Å². The summed E-state index contributed by atoms with van der Waals surface area (Å²) in [6.07, 6.45) is 0. The van der Waals surface area contributed by atoms with E-state index < -0.39 is 21.8 Å². The molecule has 1 N–H and O–H groups in total. The molecular formula is C4H7NO3S. The van der Waals surface area contributed by atoms with Gasteiger partial charge in [-0.2, -0.15) is 13.7 Å². The highest BCUT2D eigenvalue weighted by atomic mass is 32.2. The fraction of sp³-hybridized carbons (Fsp3) is 0.750. The van der Waals surface area contributed by atoms with Crippen LogP contribution >= 0.6 is 0 Å². The van der Waals surface area contributed by atoms with Crippen molar-refractivity contribution < 1.29 is 13.0 Å². The van der Waals surface area contributed by atoms with Crippen LogP contribution in [0.4, 0.5) is 0 Å². The summed E-state index contributed by atoms with van der Waals surface area (Å²) in [5.74, 6) is -1.12. The molecule has 52 valence electrons. The summed E-state index contributed by atoms with van der Waals surface area (Å²) in [5, 5.41) is 8.07. The lowest BCUT2D eigenvalue weighted by atomic mass is 10.3. The van der Waals surface area contributed by atoms with Gasteiger partial charge in [-0.15, -0.1) is 0 Å². The van der Waals surface area contributed by atoms with Crippen molar-refractivity contribution in [1.29, 1.82) is 5.26 Å². The highest BCUT2D eigenvalue weighted by Crippen LogP contribution is 1.95. The van der Waals surface area contributed by atoms with E-state index in [1.807, 2.05) is 0 Å². The molecule has 0 fully saturated rings. The zero-order valence-corrected chi connectivity index (χ0v) is 5.72. The molecule has 0 aromatic carbocycles. The molecule has 4 nitrogen and oxygen atoms in total. The Bertz CT molecular complexity index is 212. The van der Waals surface area contributed by atoms with Crippen molar-refractivity contribution in [3.63, 3.8) is 0 Å². The molecule has 0 rings (SSSR count). The molecule has 9 heavy (non-hydrogen) atoms. The molecule has 0 spiro atoms. The number of nitriles is 1. The second-order valence-electron chi connectivity index (χ2n) is 1.78. The van der Waals surface area contributed by atoms with Gasteiger partial charge in [-0.25, -0.2) is 0 Å². The Morgan fingerprint density at radius 2 is 2.22 bits per heavy atom. The Labute approximate surface area is 53.9 Å². The third kappa shape index (κ3) is 5.27. The van der Waals surface area contributed by atoms with Crippen molar-refractivity contribution in [2.45, 2.75) is 6.92 Å². The van der Waals surface area contributed by atoms with E-state index in [2.05, 4.69) is 0 Å². The van der Waals surface area contributed by atoms with Gasteiger partial charge in [0.15, 0.2) is 0 Å². The largest absolute Gasteiger partial charge is 0.286 e. The second kappa shape index (κ2) is 2.80. The summed E-state index contributed by atoms with van der Waals surface area (Å²) in [4.78, 5) is 0. The Hall–Kier alpha value is -0.600. The van der Waals surface area contributed by atoms with Gasteiger partial charge in [-0.1, -0.05) is 0 Å². The third-order valence-electron chi connectivity index (χ3n) is 0.681. The number of rotatable bonds is 2. The van der Waals surface area contributed by atoms with Crippen molar-refractivity contribution >= 4 is 10.1 Å². The van der Waals surface area contributed by atoms with E-state index >= 15 is 0 Å². The Kier molecular flexibility index (Phi) is 2.62. The van der Waals surface area contributed by atoms with Crippen LogP contribution in [0.5, 0.6) is 0 Å². The zero-order chi connectivity index (χ0) is 7.49. The van der Waals surface area contributed by atoms with E-state index in [1.54, 1.807) is 6.07 Å². The molecule has 5 heteroatoms. The molecule has 0 heterocycles. The maximum Gasteiger partial charge on any atom is 0.266 e. The van der Waals surface area contributed by atoms with Crippen LogP contribution in [0.1, 0.15) is 6.92 Å². The van der Waals surface area contributed by atoms with Crippen LogP contribution in [0.3, 0.4) is 0 Å². The fourth-order valence-electron chi connectivity index (χ4n) is 0.353. The van der Waals surface area contributed by atoms with Gasteiger partial charge in [0.2, 0.25) is 0 Å². The van der Waals surface area contributed by atoms with Gasteiger partial charge in [0.05, 0.1) is 17.7 Å². The predicted molar refractivity (Wildman–Crippen MR) is 31.2 cm³/mol. The molecule has 0 aliphatic heterocycles. The first kappa shape index (κ1) is 8.40. The summed E-state index contributed by atoms with van der Waals surface area (Å²) in [6.45, 7) is 1.42. The van der Waals surface area contributed by atoms with Crippen LogP contribution in [-0.2, 0) is 10.1 Å². The van der Waals surface area contributed by atoms with Crippen LogP contribution in [0.25, 0.3) is 0 Å². The van der Waals surface area contributed by atoms with E-state index in [1.165, 1.54) is 6.92 Å². The van der Waals surface area contributed by atoms with Crippen LogP contribution in [0.15, 0.2) is 0 Å². The van der Waals surface area contributed by atoms with Gasteiger partial charge in [-0.3, -0.25) is 4.55 Å². The fourth-order valence-corrected chi connectivity index (χ4v) is 1.06. The van der Waals surface area contributed by atoms with Gasteiger partial charge in [0.25, 0.3) is 10.1 Å². The van der Waals surface area contributed by atoms with E-state index in [9.17, 15) is 8.42 Å². The number of hydrogen-bond donors (Lipinski definition) is 1. The Balaban J connectivity index is 3.94. The minimum atomic E-state index is -3.96. The maximum absolute atomic E-state index is 10.0. The predicted octanol–water partition coefficient (Wildman–Crippen LogP) is 0.0339. The molecule has 0 saturated carbocycles. The normalized spacial score (nSPS) is 14.3. The third-order valence-corrected chi connectivity index (χ3v) is 1.60. The number of hydrogen-bond acceptors (Lipinski definition) is 3. The van der Waals surface area contributed by atoms with Crippen molar-refractivity contribution in [3.05, 3.63) is 0 Å². The SMILES string of the molecule is CC(C#N)CS(=O)(=O)O. The molecule has 0 aliphatic carbocycles. The summed E-state index contributed by atoms with van der Waals surface area (Å²) >= 11 is 0. The molecule has 0 bridgehead atoms. The van der Waals surface area contributed by atoms with E-state index in [4.69, 9.17) is 9.81 Å². The lowest BCUT2D eigenvalue weighted by molar-refractivity contribution is 0.477. The summed E-state index contributed by atoms with van der Waals surface area (Å²) in [5.41, 5.74) is 0. The average Bonchev–Trinajstić information content (AvgIpc) is 1.62. The summed E-state index contributed by atoms with van der Waals surface area (Å²) in [7, 11) is -3.96. The van der Waals surface area contributed by atoms with Crippen LogP contribution in [0, 0.1) is 17.2 Å². The number of nitrogens with zero attached hydrogens (tertiary/aromatic N) is 1. The molecule has 1 unspecified atom stereocenters. The molecule has 0 aromatic rings. The first-order valence-electron chi connectivity index (χ1n) is 2.30.